The lowest BCUT2D eigenvalue weighted by Gasteiger charge is -2.33. The number of para-hydroxylation sites is 1. The average molecular weight is 437 g/mol. The Bertz CT molecular complexity index is 970. The number of halogens is 2. The third kappa shape index (κ3) is 3.61. The largest absolute Gasteiger partial charge is 0.493 e. The number of nitrogens with zero attached hydrogens (tertiary/aromatic N) is 1. The molecule has 2 aromatic rings. The predicted octanol–water partition coefficient (Wildman–Crippen LogP) is 2.96. The number of ether oxygens (including phenoxy) is 2. The molecule has 0 saturated carbocycles. The molecule has 29 heavy (non-hydrogen) atoms. The molecule has 3 amide bonds. The lowest BCUT2D eigenvalue weighted by atomic mass is 9.84. The number of fused-ring (bicyclic) bond motifs is 2. The molecule has 1 saturated heterocycles. The van der Waals surface area contributed by atoms with Crippen molar-refractivity contribution in [1.82, 2.24) is 10.2 Å². The van der Waals surface area contributed by atoms with Crippen molar-refractivity contribution in [3.05, 3.63) is 58.1 Å². The number of hydrogen-bond acceptors (Lipinski definition) is 5. The maximum absolute atomic E-state index is 13.2. The van der Waals surface area contributed by atoms with Crippen LogP contribution in [-0.4, -0.2) is 47.8 Å². The summed E-state index contributed by atoms with van der Waals surface area (Å²) in [6.07, 6.45) is -0.791. The van der Waals surface area contributed by atoms with Gasteiger partial charge in [-0.25, -0.2) is 4.79 Å². The molecule has 2 aromatic carbocycles. The number of amides is 3. The van der Waals surface area contributed by atoms with Crippen LogP contribution in [0.4, 0.5) is 4.79 Å². The SMILES string of the molecule is O=C1N[C@@]2(CCOc3ccccc32)C(=O)N1C[C@@H](O)COc1cc(Cl)ccc1Cl. The molecule has 7 nitrogen and oxygen atoms in total. The van der Waals surface area contributed by atoms with E-state index in [4.69, 9.17) is 32.7 Å². The molecule has 2 aliphatic heterocycles. The van der Waals surface area contributed by atoms with Gasteiger partial charge in [0.1, 0.15) is 24.2 Å². The van der Waals surface area contributed by atoms with Crippen molar-refractivity contribution in [2.24, 2.45) is 0 Å². The van der Waals surface area contributed by atoms with Gasteiger partial charge in [0.2, 0.25) is 0 Å². The summed E-state index contributed by atoms with van der Waals surface area (Å²) >= 11 is 12.0. The third-order valence-corrected chi connectivity index (χ3v) is 5.52. The van der Waals surface area contributed by atoms with Crippen molar-refractivity contribution in [3.8, 4) is 11.5 Å². The van der Waals surface area contributed by atoms with Crippen molar-refractivity contribution < 1.29 is 24.2 Å². The second-order valence-corrected chi connectivity index (χ2v) is 7.73. The van der Waals surface area contributed by atoms with E-state index in [2.05, 4.69) is 5.32 Å². The van der Waals surface area contributed by atoms with Gasteiger partial charge in [0.15, 0.2) is 5.54 Å². The van der Waals surface area contributed by atoms with Gasteiger partial charge in [-0.05, 0) is 18.2 Å². The Labute approximate surface area is 177 Å². The Kier molecular flexibility index (Phi) is 5.29. The second kappa shape index (κ2) is 7.74. The van der Waals surface area contributed by atoms with E-state index in [1.807, 2.05) is 0 Å². The number of imide groups is 1. The van der Waals surface area contributed by atoms with Gasteiger partial charge in [-0.2, -0.15) is 0 Å². The first-order chi connectivity index (χ1) is 13.9. The third-order valence-electron chi connectivity index (χ3n) is 4.97. The standard InChI is InChI=1S/C20H18Cl2N2O5/c21-12-5-6-15(22)17(9-12)29-11-13(25)10-24-18(26)20(23-19(24)27)7-8-28-16-4-2-1-3-14(16)20/h1-6,9,13,25H,7-8,10-11H2,(H,23,27)/t13-,20-/m1/s1. The van der Waals surface area contributed by atoms with Gasteiger partial charge in [0, 0.05) is 23.1 Å². The fourth-order valence-corrected chi connectivity index (χ4v) is 3.91. The van der Waals surface area contributed by atoms with Crippen molar-refractivity contribution >= 4 is 35.1 Å². The van der Waals surface area contributed by atoms with Crippen LogP contribution in [0.2, 0.25) is 10.0 Å². The maximum Gasteiger partial charge on any atom is 0.325 e. The number of aliphatic hydroxyl groups is 1. The number of aliphatic hydroxyl groups excluding tert-OH is 1. The summed E-state index contributed by atoms with van der Waals surface area (Å²) in [4.78, 5) is 26.7. The van der Waals surface area contributed by atoms with E-state index in [1.165, 1.54) is 6.07 Å². The molecule has 0 bridgehead atoms. The van der Waals surface area contributed by atoms with E-state index in [1.54, 1.807) is 36.4 Å². The molecule has 0 aliphatic carbocycles. The number of β-amino-alcohol motifs (C(OH)–C–C–N with tert-alkyl or cyclic N) is 1. The van der Waals surface area contributed by atoms with Crippen molar-refractivity contribution in [3.63, 3.8) is 0 Å². The van der Waals surface area contributed by atoms with Gasteiger partial charge in [-0.1, -0.05) is 41.4 Å². The van der Waals surface area contributed by atoms with Gasteiger partial charge in [0.05, 0.1) is 18.2 Å². The lowest BCUT2D eigenvalue weighted by Crippen LogP contribution is -2.48. The molecule has 2 heterocycles. The van der Waals surface area contributed by atoms with E-state index < -0.39 is 23.6 Å². The highest BCUT2D eigenvalue weighted by Crippen LogP contribution is 2.41. The van der Waals surface area contributed by atoms with Gasteiger partial charge in [-0.15, -0.1) is 0 Å². The summed E-state index contributed by atoms with van der Waals surface area (Å²) < 4.78 is 11.1. The highest BCUT2D eigenvalue weighted by molar-refractivity contribution is 6.34. The minimum atomic E-state index is -1.18. The minimum absolute atomic E-state index is 0.163. The summed E-state index contributed by atoms with van der Waals surface area (Å²) in [5, 5.41) is 13.9. The number of hydrogen-bond donors (Lipinski definition) is 2. The Morgan fingerprint density at radius 1 is 1.24 bits per heavy atom. The predicted molar refractivity (Wildman–Crippen MR) is 106 cm³/mol. The summed E-state index contributed by atoms with van der Waals surface area (Å²) in [6.45, 7) is -0.0761. The number of benzene rings is 2. The van der Waals surface area contributed by atoms with E-state index in [0.717, 1.165) is 4.90 Å². The van der Waals surface area contributed by atoms with Crippen LogP contribution in [0.1, 0.15) is 12.0 Å². The molecule has 2 aliphatic rings. The molecule has 0 unspecified atom stereocenters. The molecule has 4 rings (SSSR count). The number of nitrogens with one attached hydrogen (secondary N) is 1. The summed E-state index contributed by atoms with van der Waals surface area (Å²) in [5.74, 6) is 0.456. The molecule has 1 fully saturated rings. The topological polar surface area (TPSA) is 88.1 Å². The van der Waals surface area contributed by atoms with Crippen LogP contribution in [0, 0.1) is 0 Å². The van der Waals surface area contributed by atoms with Crippen LogP contribution in [-0.2, 0) is 10.3 Å². The molecule has 2 N–H and O–H groups in total. The zero-order valence-corrected chi connectivity index (χ0v) is 16.7. The molecule has 2 atom stereocenters. The Balaban J connectivity index is 1.47. The van der Waals surface area contributed by atoms with Crippen LogP contribution in [0.15, 0.2) is 42.5 Å². The molecular weight excluding hydrogens is 419 g/mol. The smallest absolute Gasteiger partial charge is 0.325 e. The summed E-state index contributed by atoms with van der Waals surface area (Å²) in [7, 11) is 0. The van der Waals surface area contributed by atoms with Crippen LogP contribution in [0.3, 0.4) is 0 Å². The van der Waals surface area contributed by atoms with Crippen molar-refractivity contribution in [2.45, 2.75) is 18.1 Å². The normalized spacial score (nSPS) is 21.6. The number of urea groups is 1. The van der Waals surface area contributed by atoms with Crippen LogP contribution in [0.5, 0.6) is 11.5 Å². The quantitative estimate of drug-likeness (QED) is 0.703. The molecular formula is C20H18Cl2N2O5. The number of carbonyl (C=O) groups excluding carboxylic acids is 2. The fraction of sp³-hybridized carbons (Fsp3) is 0.300. The zero-order valence-electron chi connectivity index (χ0n) is 15.2. The van der Waals surface area contributed by atoms with Gasteiger partial charge in [0.25, 0.3) is 5.91 Å². The second-order valence-electron chi connectivity index (χ2n) is 6.89. The highest BCUT2D eigenvalue weighted by Gasteiger charge is 2.55. The van der Waals surface area contributed by atoms with Crippen molar-refractivity contribution in [1.29, 1.82) is 0 Å². The first-order valence-corrected chi connectivity index (χ1v) is 9.78. The summed E-state index contributed by atoms with van der Waals surface area (Å²) in [5.41, 5.74) is -0.563. The Morgan fingerprint density at radius 2 is 2.03 bits per heavy atom. The first kappa shape index (κ1) is 19.8. The molecule has 9 heteroatoms. The Hall–Kier alpha value is -2.48. The molecule has 0 aromatic heterocycles. The van der Waals surface area contributed by atoms with E-state index >= 15 is 0 Å². The first-order valence-electron chi connectivity index (χ1n) is 9.03. The van der Waals surface area contributed by atoms with Crippen LogP contribution >= 0.6 is 23.2 Å². The lowest BCUT2D eigenvalue weighted by molar-refractivity contribution is -0.133. The minimum Gasteiger partial charge on any atom is -0.493 e. The van der Waals surface area contributed by atoms with E-state index in [0.29, 0.717) is 40.1 Å². The monoisotopic (exact) mass is 436 g/mol. The van der Waals surface area contributed by atoms with Gasteiger partial charge in [-0.3, -0.25) is 9.69 Å². The molecule has 0 radical (unpaired) electrons. The van der Waals surface area contributed by atoms with Crippen molar-refractivity contribution in [2.75, 3.05) is 19.8 Å². The number of rotatable bonds is 5. The molecule has 152 valence electrons. The van der Waals surface area contributed by atoms with Gasteiger partial charge >= 0.3 is 6.03 Å². The maximum atomic E-state index is 13.2. The van der Waals surface area contributed by atoms with E-state index in [9.17, 15) is 14.7 Å². The molecule has 1 spiro atoms. The zero-order chi connectivity index (χ0) is 20.6. The van der Waals surface area contributed by atoms with Crippen LogP contribution < -0.4 is 14.8 Å². The highest BCUT2D eigenvalue weighted by atomic mass is 35.5. The van der Waals surface area contributed by atoms with Crippen LogP contribution in [0.25, 0.3) is 0 Å². The average Bonchev–Trinajstić information content (AvgIpc) is 2.94. The van der Waals surface area contributed by atoms with Gasteiger partial charge < -0.3 is 19.9 Å². The van der Waals surface area contributed by atoms with E-state index in [-0.39, 0.29) is 13.2 Å². The number of carbonyl (C=O) groups is 2. The summed E-state index contributed by atoms with van der Waals surface area (Å²) in [6, 6.07) is 11.3. The fourth-order valence-electron chi connectivity index (χ4n) is 3.57. The Morgan fingerprint density at radius 3 is 2.86 bits per heavy atom.